The Balaban J connectivity index is 1.55. The fraction of sp³-hybridized carbons (Fsp3) is 0.200. The van der Waals surface area contributed by atoms with E-state index in [0.29, 0.717) is 0 Å². The van der Waals surface area contributed by atoms with Crippen molar-refractivity contribution in [2.75, 3.05) is 13.1 Å². The van der Waals surface area contributed by atoms with Crippen LogP contribution in [-0.2, 0) is 6.54 Å². The van der Waals surface area contributed by atoms with Gasteiger partial charge in [0.15, 0.2) is 0 Å². The van der Waals surface area contributed by atoms with E-state index in [-0.39, 0.29) is 10.6 Å². The van der Waals surface area contributed by atoms with Gasteiger partial charge in [0, 0.05) is 31.8 Å². The highest BCUT2D eigenvalue weighted by atomic mass is 16.6. The predicted octanol–water partition coefficient (Wildman–Crippen LogP) is 4.44. The SMILES string of the molecule is O=[N+]([O-])c1ccc(CN2CC=C(/C=C/c3ccccc3)CC2)cc1. The van der Waals surface area contributed by atoms with E-state index < -0.39 is 0 Å². The molecule has 122 valence electrons. The molecule has 0 unspecified atom stereocenters. The van der Waals surface area contributed by atoms with Crippen molar-refractivity contribution in [3.8, 4) is 0 Å². The van der Waals surface area contributed by atoms with Crippen molar-refractivity contribution >= 4 is 11.8 Å². The lowest BCUT2D eigenvalue weighted by atomic mass is 10.1. The van der Waals surface area contributed by atoms with Gasteiger partial charge in [-0.2, -0.15) is 0 Å². The fourth-order valence-electron chi connectivity index (χ4n) is 2.77. The molecular weight excluding hydrogens is 300 g/mol. The maximum absolute atomic E-state index is 10.7. The summed E-state index contributed by atoms with van der Waals surface area (Å²) in [6, 6.07) is 17.1. The number of hydrogen-bond donors (Lipinski definition) is 0. The van der Waals surface area contributed by atoms with Crippen LogP contribution in [0.3, 0.4) is 0 Å². The zero-order valence-electron chi connectivity index (χ0n) is 13.5. The second-order valence-corrected chi connectivity index (χ2v) is 5.93. The zero-order chi connectivity index (χ0) is 16.8. The molecular formula is C20H20N2O2. The summed E-state index contributed by atoms with van der Waals surface area (Å²) in [7, 11) is 0. The van der Waals surface area contributed by atoms with Crippen molar-refractivity contribution in [1.82, 2.24) is 4.90 Å². The van der Waals surface area contributed by atoms with Gasteiger partial charge in [-0.25, -0.2) is 0 Å². The van der Waals surface area contributed by atoms with E-state index in [1.165, 1.54) is 11.1 Å². The minimum Gasteiger partial charge on any atom is -0.295 e. The van der Waals surface area contributed by atoms with Gasteiger partial charge in [-0.15, -0.1) is 0 Å². The van der Waals surface area contributed by atoms with Crippen LogP contribution in [-0.4, -0.2) is 22.9 Å². The lowest BCUT2D eigenvalue weighted by Gasteiger charge is -2.25. The molecule has 4 nitrogen and oxygen atoms in total. The summed E-state index contributed by atoms with van der Waals surface area (Å²) in [4.78, 5) is 12.7. The van der Waals surface area contributed by atoms with Gasteiger partial charge in [-0.1, -0.05) is 60.7 Å². The molecule has 1 aliphatic heterocycles. The van der Waals surface area contributed by atoms with Gasteiger partial charge in [0.05, 0.1) is 4.92 Å². The van der Waals surface area contributed by atoms with Gasteiger partial charge >= 0.3 is 0 Å². The Morgan fingerprint density at radius 1 is 1.04 bits per heavy atom. The molecule has 2 aromatic rings. The number of nitro groups is 1. The summed E-state index contributed by atoms with van der Waals surface area (Å²) >= 11 is 0. The third-order valence-electron chi connectivity index (χ3n) is 4.17. The number of allylic oxidation sites excluding steroid dienone is 1. The average Bonchev–Trinajstić information content (AvgIpc) is 2.62. The molecule has 0 aliphatic carbocycles. The number of rotatable bonds is 5. The topological polar surface area (TPSA) is 46.4 Å². The Kier molecular flexibility index (Phi) is 5.18. The zero-order valence-corrected chi connectivity index (χ0v) is 13.5. The van der Waals surface area contributed by atoms with Crippen molar-refractivity contribution in [3.05, 3.63) is 93.6 Å². The molecule has 0 saturated heterocycles. The van der Waals surface area contributed by atoms with Gasteiger partial charge in [0.1, 0.15) is 0 Å². The number of non-ortho nitro benzene ring substituents is 1. The van der Waals surface area contributed by atoms with E-state index in [1.807, 2.05) is 30.3 Å². The summed E-state index contributed by atoms with van der Waals surface area (Å²) in [6.45, 7) is 2.73. The fourth-order valence-corrected chi connectivity index (χ4v) is 2.77. The van der Waals surface area contributed by atoms with Crippen LogP contribution in [0, 0.1) is 10.1 Å². The third kappa shape index (κ3) is 4.40. The van der Waals surface area contributed by atoms with Gasteiger partial charge in [-0.05, 0) is 23.1 Å². The highest BCUT2D eigenvalue weighted by molar-refractivity contribution is 5.52. The van der Waals surface area contributed by atoms with Crippen molar-refractivity contribution in [1.29, 1.82) is 0 Å². The highest BCUT2D eigenvalue weighted by Crippen LogP contribution is 2.18. The van der Waals surface area contributed by atoms with Crippen molar-refractivity contribution < 1.29 is 4.92 Å². The molecule has 0 radical (unpaired) electrons. The lowest BCUT2D eigenvalue weighted by molar-refractivity contribution is -0.384. The molecule has 1 heterocycles. The van der Waals surface area contributed by atoms with Crippen molar-refractivity contribution in [2.24, 2.45) is 0 Å². The number of benzene rings is 2. The summed E-state index contributed by atoms with van der Waals surface area (Å²) in [6.07, 6.45) is 7.63. The van der Waals surface area contributed by atoms with Gasteiger partial charge in [0.2, 0.25) is 0 Å². The monoisotopic (exact) mass is 320 g/mol. The molecule has 0 fully saturated rings. The molecule has 0 atom stereocenters. The van der Waals surface area contributed by atoms with Crippen LogP contribution in [0.1, 0.15) is 17.5 Å². The van der Waals surface area contributed by atoms with Crippen molar-refractivity contribution in [3.63, 3.8) is 0 Å². The molecule has 1 aliphatic rings. The Labute approximate surface area is 141 Å². The Morgan fingerprint density at radius 3 is 2.42 bits per heavy atom. The first kappa shape index (κ1) is 16.1. The smallest absolute Gasteiger partial charge is 0.269 e. The maximum Gasteiger partial charge on any atom is 0.269 e. The van der Waals surface area contributed by atoms with Crippen LogP contribution >= 0.6 is 0 Å². The van der Waals surface area contributed by atoms with Crippen LogP contribution in [0.15, 0.2) is 72.3 Å². The first-order chi connectivity index (χ1) is 11.7. The maximum atomic E-state index is 10.7. The predicted molar refractivity (Wildman–Crippen MR) is 96.5 cm³/mol. The molecule has 0 spiro atoms. The normalized spacial score (nSPS) is 15.4. The second-order valence-electron chi connectivity index (χ2n) is 5.93. The van der Waals surface area contributed by atoms with E-state index >= 15 is 0 Å². The number of hydrogen-bond acceptors (Lipinski definition) is 3. The second kappa shape index (κ2) is 7.70. The molecule has 0 aromatic heterocycles. The molecule has 0 saturated carbocycles. The van der Waals surface area contributed by atoms with Crippen LogP contribution < -0.4 is 0 Å². The van der Waals surface area contributed by atoms with E-state index in [0.717, 1.165) is 31.6 Å². The number of nitrogens with zero attached hydrogens (tertiary/aromatic N) is 2. The summed E-state index contributed by atoms with van der Waals surface area (Å²) < 4.78 is 0. The van der Waals surface area contributed by atoms with Gasteiger partial charge < -0.3 is 0 Å². The summed E-state index contributed by atoms with van der Waals surface area (Å²) in [5.74, 6) is 0. The molecule has 0 bridgehead atoms. The summed E-state index contributed by atoms with van der Waals surface area (Å²) in [5.41, 5.74) is 3.83. The van der Waals surface area contributed by atoms with Crippen LogP contribution in [0.5, 0.6) is 0 Å². The highest BCUT2D eigenvalue weighted by Gasteiger charge is 2.11. The number of nitro benzene ring substituents is 1. The molecule has 3 rings (SSSR count). The first-order valence-corrected chi connectivity index (χ1v) is 8.08. The Hall–Kier alpha value is -2.72. The van der Waals surface area contributed by atoms with Crippen LogP contribution in [0.25, 0.3) is 6.08 Å². The van der Waals surface area contributed by atoms with E-state index in [2.05, 4.69) is 35.3 Å². The Bertz CT molecular complexity index is 749. The molecule has 2 aromatic carbocycles. The third-order valence-corrected chi connectivity index (χ3v) is 4.17. The quantitative estimate of drug-likeness (QED) is 0.604. The first-order valence-electron chi connectivity index (χ1n) is 8.08. The van der Waals surface area contributed by atoms with E-state index in [9.17, 15) is 10.1 Å². The van der Waals surface area contributed by atoms with Gasteiger partial charge in [-0.3, -0.25) is 15.0 Å². The van der Waals surface area contributed by atoms with E-state index in [1.54, 1.807) is 12.1 Å². The minimum atomic E-state index is -0.362. The largest absolute Gasteiger partial charge is 0.295 e. The van der Waals surface area contributed by atoms with Crippen LogP contribution in [0.4, 0.5) is 5.69 Å². The standard InChI is InChI=1S/C20H20N2O2/c23-22(24)20-10-8-19(9-11-20)16-21-14-12-18(13-15-21)7-6-17-4-2-1-3-5-17/h1-12H,13-16H2/b7-6+. The molecule has 0 amide bonds. The minimum absolute atomic E-state index is 0.144. The van der Waals surface area contributed by atoms with E-state index in [4.69, 9.17) is 0 Å². The van der Waals surface area contributed by atoms with Gasteiger partial charge in [0.25, 0.3) is 5.69 Å². The average molecular weight is 320 g/mol. The van der Waals surface area contributed by atoms with Crippen molar-refractivity contribution in [2.45, 2.75) is 13.0 Å². The summed E-state index contributed by atoms with van der Waals surface area (Å²) in [5, 5.41) is 10.7. The molecule has 4 heteroatoms. The van der Waals surface area contributed by atoms with Crippen LogP contribution in [0.2, 0.25) is 0 Å². The molecule has 0 N–H and O–H groups in total. The molecule has 24 heavy (non-hydrogen) atoms. The lowest BCUT2D eigenvalue weighted by Crippen LogP contribution is -2.28. The Morgan fingerprint density at radius 2 is 1.79 bits per heavy atom.